The third kappa shape index (κ3) is 3.95. The van der Waals surface area contributed by atoms with Gasteiger partial charge in [-0.2, -0.15) is 0 Å². The van der Waals surface area contributed by atoms with Gasteiger partial charge in [0.2, 0.25) is 5.95 Å². The zero-order valence-electron chi connectivity index (χ0n) is 15.4. The number of amides is 1. The number of hydrogen-bond donors (Lipinski definition) is 2. The molecule has 3 rings (SSSR count). The van der Waals surface area contributed by atoms with Crippen molar-refractivity contribution >= 4 is 23.2 Å². The second-order valence-electron chi connectivity index (χ2n) is 6.27. The van der Waals surface area contributed by atoms with Gasteiger partial charge in [-0.3, -0.25) is 4.79 Å². The lowest BCUT2D eigenvalue weighted by molar-refractivity contribution is 0.102. The van der Waals surface area contributed by atoms with Gasteiger partial charge in [0.05, 0.1) is 5.69 Å². The van der Waals surface area contributed by atoms with Crippen LogP contribution in [0.5, 0.6) is 0 Å². The number of nitrogens with one attached hydrogen (secondary N) is 2. The number of aromatic nitrogens is 2. The first-order valence-corrected chi connectivity index (χ1v) is 8.40. The van der Waals surface area contributed by atoms with Gasteiger partial charge in [0.15, 0.2) is 17.5 Å². The number of halogens is 3. The van der Waals surface area contributed by atoms with Gasteiger partial charge in [-0.15, -0.1) is 0 Å². The lowest BCUT2D eigenvalue weighted by atomic mass is 10.1. The predicted molar refractivity (Wildman–Crippen MR) is 100 cm³/mol. The minimum Gasteiger partial charge on any atom is -0.322 e. The topological polar surface area (TPSA) is 66.9 Å². The molecule has 0 radical (unpaired) electrons. The summed E-state index contributed by atoms with van der Waals surface area (Å²) in [7, 11) is 0. The maximum absolute atomic E-state index is 13.9. The van der Waals surface area contributed by atoms with E-state index < -0.39 is 23.4 Å². The van der Waals surface area contributed by atoms with Gasteiger partial charge in [-0.25, -0.2) is 23.1 Å². The normalized spacial score (nSPS) is 10.6. The van der Waals surface area contributed by atoms with E-state index in [4.69, 9.17) is 0 Å². The molecule has 5 nitrogen and oxygen atoms in total. The van der Waals surface area contributed by atoms with Crippen LogP contribution in [-0.2, 0) is 0 Å². The molecule has 0 aliphatic rings. The minimum absolute atomic E-state index is 0.0406. The molecule has 0 aliphatic carbocycles. The maximum atomic E-state index is 13.9. The summed E-state index contributed by atoms with van der Waals surface area (Å²) in [6.07, 6.45) is 0. The predicted octanol–water partition coefficient (Wildman–Crippen LogP) is 4.82. The number of aryl methyl sites for hydroxylation is 2. The van der Waals surface area contributed by atoms with Crippen molar-refractivity contribution in [1.29, 1.82) is 0 Å². The van der Waals surface area contributed by atoms with Crippen LogP contribution < -0.4 is 10.6 Å². The van der Waals surface area contributed by atoms with Gasteiger partial charge in [-0.1, -0.05) is 12.1 Å². The highest BCUT2D eigenvalue weighted by Gasteiger charge is 2.16. The van der Waals surface area contributed by atoms with E-state index in [0.29, 0.717) is 11.4 Å². The van der Waals surface area contributed by atoms with E-state index in [1.165, 1.54) is 6.07 Å². The molecule has 0 spiro atoms. The van der Waals surface area contributed by atoms with Crippen LogP contribution in [0.3, 0.4) is 0 Å². The zero-order chi connectivity index (χ0) is 20.4. The second kappa shape index (κ2) is 7.67. The molecule has 0 aliphatic heterocycles. The summed E-state index contributed by atoms with van der Waals surface area (Å²) in [6.45, 7) is 5.44. The summed E-state index contributed by atoms with van der Waals surface area (Å²) in [5.41, 5.74) is 2.72. The summed E-state index contributed by atoms with van der Waals surface area (Å²) in [6, 6.07) is 8.79. The quantitative estimate of drug-likeness (QED) is 0.631. The fourth-order valence-corrected chi connectivity index (χ4v) is 2.56. The molecule has 1 aromatic heterocycles. The molecule has 28 heavy (non-hydrogen) atoms. The van der Waals surface area contributed by atoms with Crippen LogP contribution in [0.2, 0.25) is 0 Å². The van der Waals surface area contributed by atoms with Crippen molar-refractivity contribution < 1.29 is 18.0 Å². The molecule has 1 heterocycles. The van der Waals surface area contributed by atoms with Crippen LogP contribution in [0.4, 0.5) is 30.5 Å². The van der Waals surface area contributed by atoms with Gasteiger partial charge in [0.25, 0.3) is 5.91 Å². The molecule has 2 N–H and O–H groups in total. The first-order chi connectivity index (χ1) is 13.3. The molecule has 8 heteroatoms. The van der Waals surface area contributed by atoms with E-state index in [0.717, 1.165) is 23.3 Å². The standard InChI is InChI=1S/C20H17F3N4O/c1-10-5-4-6-14(12(10)3)25-19(28)16-9-11(2)24-20(27-16)26-15-8-7-13(21)17(22)18(15)23/h4-9H,1-3H3,(H,25,28)(H,24,26,27). The van der Waals surface area contributed by atoms with Gasteiger partial charge >= 0.3 is 0 Å². The molecule has 1 amide bonds. The molecular formula is C20H17F3N4O. The Labute approximate surface area is 159 Å². The Bertz CT molecular complexity index is 1070. The number of hydrogen-bond acceptors (Lipinski definition) is 4. The van der Waals surface area contributed by atoms with Gasteiger partial charge in [0.1, 0.15) is 5.69 Å². The van der Waals surface area contributed by atoms with Crippen molar-refractivity contribution in [3.05, 3.63) is 76.4 Å². The summed E-state index contributed by atoms with van der Waals surface area (Å²) in [5.74, 6) is -4.90. The van der Waals surface area contributed by atoms with Gasteiger partial charge in [-0.05, 0) is 56.2 Å². The van der Waals surface area contributed by atoms with Crippen LogP contribution in [0.1, 0.15) is 27.3 Å². The Morgan fingerprint density at radius 1 is 0.929 bits per heavy atom. The van der Waals surface area contributed by atoms with E-state index in [9.17, 15) is 18.0 Å². The van der Waals surface area contributed by atoms with Gasteiger partial charge < -0.3 is 10.6 Å². The maximum Gasteiger partial charge on any atom is 0.274 e. The number of carbonyl (C=O) groups is 1. The summed E-state index contributed by atoms with van der Waals surface area (Å²) in [5, 5.41) is 5.25. The Balaban J connectivity index is 1.88. The molecule has 0 unspecified atom stereocenters. The lowest BCUT2D eigenvalue weighted by Gasteiger charge is -2.12. The van der Waals surface area contributed by atoms with Crippen LogP contribution in [0.25, 0.3) is 0 Å². The minimum atomic E-state index is -1.61. The lowest BCUT2D eigenvalue weighted by Crippen LogP contribution is -2.16. The molecule has 0 saturated heterocycles. The molecule has 0 saturated carbocycles. The molecule has 2 aromatic carbocycles. The highest BCUT2D eigenvalue weighted by Crippen LogP contribution is 2.23. The van der Waals surface area contributed by atoms with Crippen molar-refractivity contribution in [2.45, 2.75) is 20.8 Å². The summed E-state index contributed by atoms with van der Waals surface area (Å²) in [4.78, 5) is 20.7. The van der Waals surface area contributed by atoms with E-state index in [2.05, 4.69) is 20.6 Å². The molecule has 144 valence electrons. The average Bonchev–Trinajstić information content (AvgIpc) is 2.65. The fourth-order valence-electron chi connectivity index (χ4n) is 2.56. The summed E-state index contributed by atoms with van der Waals surface area (Å²) >= 11 is 0. The van der Waals surface area contributed by atoms with Gasteiger partial charge in [0, 0.05) is 11.4 Å². The first-order valence-electron chi connectivity index (χ1n) is 8.40. The third-order valence-corrected chi connectivity index (χ3v) is 4.22. The van der Waals surface area contributed by atoms with E-state index >= 15 is 0 Å². The summed E-state index contributed by atoms with van der Waals surface area (Å²) < 4.78 is 40.3. The number of nitrogens with zero attached hydrogens (tertiary/aromatic N) is 2. The van der Waals surface area contributed by atoms with Crippen molar-refractivity contribution in [3.63, 3.8) is 0 Å². The van der Waals surface area contributed by atoms with Crippen molar-refractivity contribution in [2.24, 2.45) is 0 Å². The highest BCUT2D eigenvalue weighted by atomic mass is 19.2. The van der Waals surface area contributed by atoms with E-state index in [1.807, 2.05) is 26.0 Å². The Morgan fingerprint density at radius 2 is 1.68 bits per heavy atom. The SMILES string of the molecule is Cc1cc(C(=O)Nc2cccc(C)c2C)nc(Nc2ccc(F)c(F)c2F)n1. The molecule has 0 fully saturated rings. The van der Waals surface area contributed by atoms with Crippen molar-refractivity contribution in [3.8, 4) is 0 Å². The van der Waals surface area contributed by atoms with E-state index in [-0.39, 0.29) is 17.3 Å². The van der Waals surface area contributed by atoms with Crippen molar-refractivity contribution in [1.82, 2.24) is 9.97 Å². The molecule has 0 bridgehead atoms. The van der Waals surface area contributed by atoms with Crippen molar-refractivity contribution in [2.75, 3.05) is 10.6 Å². The number of benzene rings is 2. The number of carbonyl (C=O) groups excluding carboxylic acids is 1. The highest BCUT2D eigenvalue weighted by molar-refractivity contribution is 6.03. The Hall–Kier alpha value is -3.42. The molecule has 0 atom stereocenters. The first kappa shape index (κ1) is 19.3. The monoisotopic (exact) mass is 386 g/mol. The Morgan fingerprint density at radius 3 is 2.43 bits per heavy atom. The zero-order valence-corrected chi connectivity index (χ0v) is 15.4. The van der Waals surface area contributed by atoms with Crippen LogP contribution in [0, 0.1) is 38.2 Å². The second-order valence-corrected chi connectivity index (χ2v) is 6.27. The van der Waals surface area contributed by atoms with Crippen LogP contribution in [-0.4, -0.2) is 15.9 Å². The smallest absolute Gasteiger partial charge is 0.274 e. The van der Waals surface area contributed by atoms with Crippen LogP contribution in [0.15, 0.2) is 36.4 Å². The molecular weight excluding hydrogens is 369 g/mol. The number of anilines is 3. The number of rotatable bonds is 4. The average molecular weight is 386 g/mol. The third-order valence-electron chi connectivity index (χ3n) is 4.22. The Kier molecular flexibility index (Phi) is 5.30. The van der Waals surface area contributed by atoms with Crippen LogP contribution >= 0.6 is 0 Å². The fraction of sp³-hybridized carbons (Fsp3) is 0.150. The molecule has 3 aromatic rings. The van der Waals surface area contributed by atoms with E-state index in [1.54, 1.807) is 13.0 Å². The largest absolute Gasteiger partial charge is 0.322 e.